The molecular weight excluding hydrogens is 286 g/mol. The predicted octanol–water partition coefficient (Wildman–Crippen LogP) is 0.917. The number of pyridine rings is 1. The van der Waals surface area contributed by atoms with Crippen LogP contribution in [0.5, 0.6) is 5.88 Å². The Labute approximate surface area is 114 Å². The van der Waals surface area contributed by atoms with Crippen molar-refractivity contribution in [2.24, 2.45) is 0 Å². The Bertz CT molecular complexity index is 721. The van der Waals surface area contributed by atoms with Crippen molar-refractivity contribution in [3.63, 3.8) is 0 Å². The maximum absolute atomic E-state index is 12.0. The summed E-state index contributed by atoms with van der Waals surface area (Å²) in [7, 11) is -2.43. The van der Waals surface area contributed by atoms with Gasteiger partial charge >= 0.3 is 5.97 Å². The molecule has 0 bridgehead atoms. The van der Waals surface area contributed by atoms with Crippen molar-refractivity contribution >= 4 is 21.7 Å². The Kier molecular flexibility index (Phi) is 3.61. The fourth-order valence-electron chi connectivity index (χ4n) is 1.43. The number of aromatic amines is 1. The highest BCUT2D eigenvalue weighted by Gasteiger charge is 2.18. The predicted molar refractivity (Wildman–Crippen MR) is 69.3 cm³/mol. The largest absolute Gasteiger partial charge is 0.481 e. The smallest absolute Gasteiger partial charge is 0.352 e. The molecular formula is C11H11N3O5S. The van der Waals surface area contributed by atoms with Crippen LogP contribution in [0.1, 0.15) is 10.5 Å². The van der Waals surface area contributed by atoms with Crippen LogP contribution in [0.25, 0.3) is 0 Å². The maximum atomic E-state index is 12.0. The van der Waals surface area contributed by atoms with E-state index >= 15 is 0 Å². The fourth-order valence-corrected chi connectivity index (χ4v) is 2.46. The van der Waals surface area contributed by atoms with Crippen molar-refractivity contribution in [1.82, 2.24) is 9.97 Å². The summed E-state index contributed by atoms with van der Waals surface area (Å²) in [4.78, 5) is 16.7. The summed E-state index contributed by atoms with van der Waals surface area (Å²) < 4.78 is 31.2. The minimum Gasteiger partial charge on any atom is -0.481 e. The standard InChI is InChI=1S/C11H11N3O5S/c1-19-10-3-2-7(5-13-10)14-20(17,18)8-4-9(11(15)16)12-6-8/h2-6,12,14H,1H3,(H,15,16). The average Bonchev–Trinajstić information content (AvgIpc) is 2.90. The van der Waals surface area contributed by atoms with Gasteiger partial charge in [-0.05, 0) is 12.1 Å². The molecule has 0 spiro atoms. The first-order chi connectivity index (χ1) is 9.42. The van der Waals surface area contributed by atoms with Gasteiger partial charge in [0.1, 0.15) is 10.6 Å². The lowest BCUT2D eigenvalue weighted by atomic mass is 10.4. The molecule has 0 radical (unpaired) electrons. The number of rotatable bonds is 5. The van der Waals surface area contributed by atoms with Crippen LogP contribution in [-0.4, -0.2) is 36.6 Å². The van der Waals surface area contributed by atoms with Crippen molar-refractivity contribution in [2.45, 2.75) is 4.90 Å². The normalized spacial score (nSPS) is 11.1. The molecule has 20 heavy (non-hydrogen) atoms. The molecule has 0 atom stereocenters. The lowest BCUT2D eigenvalue weighted by Gasteiger charge is -2.06. The highest BCUT2D eigenvalue weighted by atomic mass is 32.2. The van der Waals surface area contributed by atoms with Gasteiger partial charge in [-0.3, -0.25) is 4.72 Å². The number of carboxylic acid groups (broad SMARTS) is 1. The Hall–Kier alpha value is -2.55. The zero-order valence-electron chi connectivity index (χ0n) is 10.3. The van der Waals surface area contributed by atoms with E-state index in [0.29, 0.717) is 5.88 Å². The number of carbonyl (C=O) groups is 1. The Morgan fingerprint density at radius 3 is 2.70 bits per heavy atom. The number of nitrogens with zero attached hydrogens (tertiary/aromatic N) is 1. The van der Waals surface area contributed by atoms with E-state index in [1.165, 1.54) is 25.4 Å². The van der Waals surface area contributed by atoms with Crippen molar-refractivity contribution in [1.29, 1.82) is 0 Å². The van der Waals surface area contributed by atoms with Crippen LogP contribution < -0.4 is 9.46 Å². The Balaban J connectivity index is 2.23. The second-order valence-corrected chi connectivity index (χ2v) is 5.43. The van der Waals surface area contributed by atoms with Gasteiger partial charge in [0.25, 0.3) is 10.0 Å². The molecule has 106 valence electrons. The molecule has 0 fully saturated rings. The van der Waals surface area contributed by atoms with Gasteiger partial charge in [0.15, 0.2) is 0 Å². The molecule has 0 saturated heterocycles. The molecule has 0 amide bonds. The van der Waals surface area contributed by atoms with Gasteiger partial charge in [0.05, 0.1) is 19.0 Å². The highest BCUT2D eigenvalue weighted by Crippen LogP contribution is 2.17. The van der Waals surface area contributed by atoms with Crippen LogP contribution in [0.2, 0.25) is 0 Å². The van der Waals surface area contributed by atoms with Crippen molar-refractivity contribution in [3.8, 4) is 5.88 Å². The van der Waals surface area contributed by atoms with Crippen LogP contribution >= 0.6 is 0 Å². The third kappa shape index (κ3) is 2.88. The third-order valence-corrected chi connectivity index (χ3v) is 3.76. The van der Waals surface area contributed by atoms with E-state index in [-0.39, 0.29) is 16.3 Å². The number of hydrogen-bond donors (Lipinski definition) is 3. The number of methoxy groups -OCH3 is 1. The fraction of sp³-hybridized carbons (Fsp3) is 0.0909. The van der Waals surface area contributed by atoms with Crippen molar-refractivity contribution in [2.75, 3.05) is 11.8 Å². The molecule has 0 unspecified atom stereocenters. The number of ether oxygens (including phenoxy) is 1. The second kappa shape index (κ2) is 5.21. The van der Waals surface area contributed by atoms with E-state index in [1.54, 1.807) is 0 Å². The molecule has 2 aromatic heterocycles. The number of hydrogen-bond acceptors (Lipinski definition) is 5. The molecule has 2 rings (SSSR count). The maximum Gasteiger partial charge on any atom is 0.352 e. The summed E-state index contributed by atoms with van der Waals surface area (Å²) in [6.07, 6.45) is 2.39. The molecule has 2 aromatic rings. The molecule has 0 aromatic carbocycles. The van der Waals surface area contributed by atoms with Gasteiger partial charge in [-0.15, -0.1) is 0 Å². The number of anilines is 1. The lowest BCUT2D eigenvalue weighted by Crippen LogP contribution is -2.12. The number of H-pyrrole nitrogens is 1. The van der Waals surface area contributed by atoms with Crippen LogP contribution in [0.4, 0.5) is 5.69 Å². The third-order valence-electron chi connectivity index (χ3n) is 2.39. The quantitative estimate of drug-likeness (QED) is 0.754. The van der Waals surface area contributed by atoms with E-state index in [0.717, 1.165) is 12.3 Å². The minimum absolute atomic E-state index is 0.175. The summed E-state index contributed by atoms with van der Waals surface area (Å²) in [5, 5.41) is 8.74. The van der Waals surface area contributed by atoms with Gasteiger partial charge < -0.3 is 14.8 Å². The Morgan fingerprint density at radius 2 is 2.20 bits per heavy atom. The van der Waals surface area contributed by atoms with Crippen molar-refractivity contribution in [3.05, 3.63) is 36.3 Å². The number of nitrogens with one attached hydrogen (secondary N) is 2. The number of aromatic carboxylic acids is 1. The molecule has 3 N–H and O–H groups in total. The zero-order valence-corrected chi connectivity index (χ0v) is 11.1. The summed E-state index contributed by atoms with van der Waals surface area (Å²) in [5.74, 6) is -0.889. The number of sulfonamides is 1. The number of carboxylic acids is 1. The SMILES string of the molecule is COc1ccc(NS(=O)(=O)c2c[nH]c(C(=O)O)c2)cn1. The van der Waals surface area contributed by atoms with Crippen molar-refractivity contribution < 1.29 is 23.1 Å². The average molecular weight is 297 g/mol. The molecule has 2 heterocycles. The van der Waals surface area contributed by atoms with E-state index in [1.807, 2.05) is 0 Å². The first kappa shape index (κ1) is 13.9. The molecule has 0 aliphatic rings. The number of aromatic nitrogens is 2. The minimum atomic E-state index is -3.87. The van der Waals surface area contributed by atoms with E-state index in [4.69, 9.17) is 9.84 Å². The summed E-state index contributed by atoms with van der Waals surface area (Å²) in [6.45, 7) is 0. The van der Waals surface area contributed by atoms with Gasteiger partial charge in [-0.2, -0.15) is 0 Å². The van der Waals surface area contributed by atoms with Gasteiger partial charge in [0, 0.05) is 12.3 Å². The monoisotopic (exact) mass is 297 g/mol. The Morgan fingerprint density at radius 1 is 1.45 bits per heavy atom. The van der Waals surface area contributed by atoms with E-state index < -0.39 is 16.0 Å². The molecule has 0 saturated carbocycles. The molecule has 8 nitrogen and oxygen atoms in total. The molecule has 0 aliphatic heterocycles. The molecule has 0 aliphatic carbocycles. The second-order valence-electron chi connectivity index (χ2n) is 3.75. The zero-order chi connectivity index (χ0) is 14.8. The van der Waals surface area contributed by atoms with E-state index in [9.17, 15) is 13.2 Å². The van der Waals surface area contributed by atoms with Gasteiger partial charge in [0.2, 0.25) is 5.88 Å². The lowest BCUT2D eigenvalue weighted by molar-refractivity contribution is 0.0691. The van der Waals surface area contributed by atoms with Gasteiger partial charge in [-0.25, -0.2) is 18.2 Å². The highest BCUT2D eigenvalue weighted by molar-refractivity contribution is 7.92. The van der Waals surface area contributed by atoms with E-state index in [2.05, 4.69) is 14.7 Å². The summed E-state index contributed by atoms with van der Waals surface area (Å²) in [5.41, 5.74) is 0.0297. The first-order valence-electron chi connectivity index (χ1n) is 5.37. The van der Waals surface area contributed by atoms with Crippen LogP contribution in [0, 0.1) is 0 Å². The van der Waals surface area contributed by atoms with Crippen LogP contribution in [-0.2, 0) is 10.0 Å². The summed E-state index contributed by atoms with van der Waals surface area (Å²) in [6, 6.07) is 4.01. The van der Waals surface area contributed by atoms with Gasteiger partial charge in [-0.1, -0.05) is 0 Å². The van der Waals surface area contributed by atoms with Crippen LogP contribution in [0.15, 0.2) is 35.5 Å². The molecule has 9 heteroatoms. The topological polar surface area (TPSA) is 121 Å². The summed E-state index contributed by atoms with van der Waals surface area (Å²) >= 11 is 0. The first-order valence-corrected chi connectivity index (χ1v) is 6.85. The van der Waals surface area contributed by atoms with Crippen LogP contribution in [0.3, 0.4) is 0 Å².